The largest absolute Gasteiger partial charge is 0.349 e. The van der Waals surface area contributed by atoms with Crippen LogP contribution in [0.5, 0.6) is 0 Å². The average Bonchev–Trinajstić information content (AvgIpc) is 2.87. The third-order valence-corrected chi connectivity index (χ3v) is 5.58. The van der Waals surface area contributed by atoms with Crippen LogP contribution in [0.2, 0.25) is 0 Å². The van der Waals surface area contributed by atoms with Gasteiger partial charge in [0.1, 0.15) is 5.01 Å². The van der Waals surface area contributed by atoms with Crippen molar-refractivity contribution in [1.29, 1.82) is 0 Å². The van der Waals surface area contributed by atoms with E-state index in [4.69, 9.17) is 12.2 Å². The van der Waals surface area contributed by atoms with Gasteiger partial charge in [0, 0.05) is 24.7 Å². The summed E-state index contributed by atoms with van der Waals surface area (Å²) in [4.78, 5) is 14.7. The number of likely N-dealkylation sites (tertiary alicyclic amines) is 1. The van der Waals surface area contributed by atoms with Crippen molar-refractivity contribution < 1.29 is 4.79 Å². The van der Waals surface area contributed by atoms with Gasteiger partial charge in [0.25, 0.3) is 5.91 Å². The third kappa shape index (κ3) is 4.09. The normalized spacial score (nSPS) is 16.2. The second-order valence-corrected chi connectivity index (χ2v) is 8.04. The summed E-state index contributed by atoms with van der Waals surface area (Å²) in [5.74, 6) is 0.0314. The SMILES string of the molecule is Cc1nn(CN2CCC(NC(=O)c3ccccc3C)CC2)c(=S)s1. The Bertz CT molecular complexity index is 775. The van der Waals surface area contributed by atoms with Gasteiger partial charge < -0.3 is 5.32 Å². The lowest BCUT2D eigenvalue weighted by Crippen LogP contribution is -2.45. The van der Waals surface area contributed by atoms with Gasteiger partial charge in [-0.2, -0.15) is 5.10 Å². The molecule has 128 valence electrons. The lowest BCUT2D eigenvalue weighted by Gasteiger charge is -2.32. The van der Waals surface area contributed by atoms with E-state index in [1.54, 1.807) is 11.3 Å². The second-order valence-electron chi connectivity index (χ2n) is 6.21. The van der Waals surface area contributed by atoms with Crippen LogP contribution in [0, 0.1) is 17.8 Å². The molecule has 0 aliphatic carbocycles. The van der Waals surface area contributed by atoms with E-state index in [1.807, 2.05) is 42.8 Å². The predicted molar refractivity (Wildman–Crippen MR) is 98.9 cm³/mol. The van der Waals surface area contributed by atoms with Gasteiger partial charge >= 0.3 is 0 Å². The number of nitrogens with zero attached hydrogens (tertiary/aromatic N) is 3. The molecule has 1 aliphatic heterocycles. The standard InChI is InChI=1S/C17H22N4OS2/c1-12-5-3-4-6-15(12)16(22)18-14-7-9-20(10-8-14)11-21-17(23)24-13(2)19-21/h3-6,14H,7-11H2,1-2H3,(H,18,22). The number of hydrogen-bond acceptors (Lipinski definition) is 5. The number of benzene rings is 1. The molecule has 7 heteroatoms. The van der Waals surface area contributed by atoms with Crippen LogP contribution >= 0.6 is 23.6 Å². The molecule has 0 bridgehead atoms. The first kappa shape index (κ1) is 17.3. The van der Waals surface area contributed by atoms with E-state index >= 15 is 0 Å². The minimum absolute atomic E-state index is 0.0314. The van der Waals surface area contributed by atoms with Crippen LogP contribution in [0.1, 0.15) is 33.8 Å². The third-order valence-electron chi connectivity index (χ3n) is 4.35. The molecule has 3 rings (SSSR count). The number of aryl methyl sites for hydroxylation is 2. The molecule has 0 radical (unpaired) electrons. The summed E-state index contributed by atoms with van der Waals surface area (Å²) in [6, 6.07) is 7.95. The molecule has 0 spiro atoms. The summed E-state index contributed by atoms with van der Waals surface area (Å²) in [6.45, 7) is 6.57. The lowest BCUT2D eigenvalue weighted by atomic mass is 10.0. The number of rotatable bonds is 4. The number of carbonyl (C=O) groups excluding carboxylic acids is 1. The number of piperidine rings is 1. The number of hydrogen-bond donors (Lipinski definition) is 1. The van der Waals surface area contributed by atoms with E-state index in [2.05, 4.69) is 15.3 Å². The molecule has 1 fully saturated rings. The molecular formula is C17H22N4OS2. The van der Waals surface area contributed by atoms with E-state index in [1.165, 1.54) is 0 Å². The maximum absolute atomic E-state index is 12.4. The van der Waals surface area contributed by atoms with Crippen molar-refractivity contribution in [3.8, 4) is 0 Å². The molecule has 2 heterocycles. The summed E-state index contributed by atoms with van der Waals surface area (Å²) < 4.78 is 2.71. The van der Waals surface area contributed by atoms with E-state index in [0.29, 0.717) is 0 Å². The van der Waals surface area contributed by atoms with Gasteiger partial charge in [0.15, 0.2) is 3.95 Å². The summed E-state index contributed by atoms with van der Waals surface area (Å²) >= 11 is 6.87. The van der Waals surface area contributed by atoms with Crippen LogP contribution in [0.3, 0.4) is 0 Å². The Balaban J connectivity index is 1.52. The van der Waals surface area contributed by atoms with Crippen LogP contribution in [0.25, 0.3) is 0 Å². The van der Waals surface area contributed by atoms with Gasteiger partial charge in [-0.1, -0.05) is 29.5 Å². The first-order valence-corrected chi connectivity index (χ1v) is 9.39. The quantitative estimate of drug-likeness (QED) is 0.849. The molecule has 1 N–H and O–H groups in total. The van der Waals surface area contributed by atoms with Crippen LogP contribution in [-0.2, 0) is 6.67 Å². The molecule has 24 heavy (non-hydrogen) atoms. The topological polar surface area (TPSA) is 50.2 Å². The van der Waals surface area contributed by atoms with Gasteiger partial charge in [-0.25, -0.2) is 4.68 Å². The van der Waals surface area contributed by atoms with Gasteiger partial charge in [-0.15, -0.1) is 0 Å². The molecule has 0 unspecified atom stereocenters. The fourth-order valence-electron chi connectivity index (χ4n) is 3.00. The zero-order chi connectivity index (χ0) is 17.1. The summed E-state index contributed by atoms with van der Waals surface area (Å²) in [5.41, 5.74) is 1.78. The Labute approximate surface area is 151 Å². The number of amides is 1. The minimum Gasteiger partial charge on any atom is -0.349 e. The maximum atomic E-state index is 12.4. The van der Waals surface area contributed by atoms with Crippen molar-refractivity contribution in [1.82, 2.24) is 20.0 Å². The van der Waals surface area contributed by atoms with Crippen molar-refractivity contribution >= 4 is 29.5 Å². The molecule has 5 nitrogen and oxygen atoms in total. The molecule has 1 aromatic heterocycles. The number of nitrogens with one attached hydrogen (secondary N) is 1. The Morgan fingerprint density at radius 2 is 2.04 bits per heavy atom. The maximum Gasteiger partial charge on any atom is 0.251 e. The van der Waals surface area contributed by atoms with Crippen molar-refractivity contribution in [2.24, 2.45) is 0 Å². The van der Waals surface area contributed by atoms with Crippen molar-refractivity contribution in [3.63, 3.8) is 0 Å². The highest BCUT2D eigenvalue weighted by Crippen LogP contribution is 2.15. The van der Waals surface area contributed by atoms with Gasteiger partial charge in [0.2, 0.25) is 0 Å². The van der Waals surface area contributed by atoms with Gasteiger partial charge in [-0.05, 0) is 50.5 Å². The molecule has 1 aromatic carbocycles. The highest BCUT2D eigenvalue weighted by atomic mass is 32.1. The second kappa shape index (κ2) is 7.55. The van der Waals surface area contributed by atoms with Crippen LogP contribution in [0.4, 0.5) is 0 Å². The zero-order valence-electron chi connectivity index (χ0n) is 14.0. The Kier molecular flexibility index (Phi) is 5.43. The molecule has 1 aliphatic rings. The number of aromatic nitrogens is 2. The molecule has 0 saturated carbocycles. The van der Waals surface area contributed by atoms with E-state index in [-0.39, 0.29) is 11.9 Å². The Morgan fingerprint density at radius 3 is 2.67 bits per heavy atom. The number of carbonyl (C=O) groups is 1. The highest BCUT2D eigenvalue weighted by Gasteiger charge is 2.22. The molecule has 0 atom stereocenters. The first-order valence-electron chi connectivity index (χ1n) is 8.16. The summed E-state index contributed by atoms with van der Waals surface area (Å²) in [5, 5.41) is 8.61. The van der Waals surface area contributed by atoms with Crippen molar-refractivity contribution in [2.45, 2.75) is 39.4 Å². The van der Waals surface area contributed by atoms with Gasteiger partial charge in [-0.3, -0.25) is 9.69 Å². The smallest absolute Gasteiger partial charge is 0.251 e. The summed E-state index contributed by atoms with van der Waals surface area (Å²) in [7, 11) is 0. The van der Waals surface area contributed by atoms with E-state index in [9.17, 15) is 4.79 Å². The van der Waals surface area contributed by atoms with Crippen LogP contribution in [-0.4, -0.2) is 39.7 Å². The molecule has 1 amide bonds. The van der Waals surface area contributed by atoms with E-state index in [0.717, 1.165) is 52.7 Å². The molecular weight excluding hydrogens is 340 g/mol. The Hall–Kier alpha value is -1.57. The average molecular weight is 363 g/mol. The molecule has 2 aromatic rings. The van der Waals surface area contributed by atoms with E-state index < -0.39 is 0 Å². The summed E-state index contributed by atoms with van der Waals surface area (Å²) in [6.07, 6.45) is 1.90. The monoisotopic (exact) mass is 362 g/mol. The molecule has 1 saturated heterocycles. The predicted octanol–water partition coefficient (Wildman–Crippen LogP) is 3.14. The van der Waals surface area contributed by atoms with Crippen molar-refractivity contribution in [3.05, 3.63) is 44.4 Å². The minimum atomic E-state index is 0.0314. The van der Waals surface area contributed by atoms with Crippen LogP contribution < -0.4 is 5.32 Å². The zero-order valence-corrected chi connectivity index (χ0v) is 15.6. The first-order chi connectivity index (χ1) is 11.5. The fourth-order valence-corrected chi connectivity index (χ4v) is 4.06. The van der Waals surface area contributed by atoms with Gasteiger partial charge in [0.05, 0.1) is 6.67 Å². The Morgan fingerprint density at radius 1 is 1.33 bits per heavy atom. The van der Waals surface area contributed by atoms with Crippen molar-refractivity contribution in [2.75, 3.05) is 13.1 Å². The lowest BCUT2D eigenvalue weighted by molar-refractivity contribution is 0.0895. The highest BCUT2D eigenvalue weighted by molar-refractivity contribution is 7.73. The van der Waals surface area contributed by atoms with Crippen LogP contribution in [0.15, 0.2) is 24.3 Å². The fraction of sp³-hybridized carbons (Fsp3) is 0.471.